The van der Waals surface area contributed by atoms with Gasteiger partial charge in [-0.25, -0.2) is 8.42 Å². The summed E-state index contributed by atoms with van der Waals surface area (Å²) in [6.45, 7) is 9.84. The van der Waals surface area contributed by atoms with Crippen LogP contribution in [0.2, 0.25) is 0 Å². The summed E-state index contributed by atoms with van der Waals surface area (Å²) in [5, 5.41) is 11.7. The molecule has 8 nitrogen and oxygen atoms in total. The summed E-state index contributed by atoms with van der Waals surface area (Å²) in [7, 11) is -1.72. The van der Waals surface area contributed by atoms with E-state index in [2.05, 4.69) is 48.2 Å². The lowest BCUT2D eigenvalue weighted by Gasteiger charge is -2.23. The minimum Gasteiger partial charge on any atom is -0.377 e. The maximum Gasteiger partial charge on any atom is 0.246 e. The molecule has 2 aromatic rings. The second kappa shape index (κ2) is 12.1. The molecule has 0 fully saturated rings. The van der Waals surface area contributed by atoms with Crippen molar-refractivity contribution in [3.05, 3.63) is 30.1 Å². The molecule has 1 N–H and O–H groups in total. The molecule has 0 bridgehead atoms. The molecule has 9 heteroatoms. The molecular formula is C22H38N6O2S. The van der Waals surface area contributed by atoms with Crippen LogP contribution in [0.1, 0.15) is 83.8 Å². The fourth-order valence-corrected chi connectivity index (χ4v) is 5.13. The Kier molecular flexibility index (Phi) is 9.90. The number of unbranched alkanes of at least 4 members (excludes halogenated alkanes) is 4. The van der Waals surface area contributed by atoms with Gasteiger partial charge in [-0.15, -0.1) is 10.2 Å². The molecule has 0 saturated heterocycles. The zero-order chi connectivity index (χ0) is 22.9. The van der Waals surface area contributed by atoms with Crippen molar-refractivity contribution >= 4 is 15.7 Å². The highest BCUT2D eigenvalue weighted by Crippen LogP contribution is 2.25. The number of hydrogen-bond donors (Lipinski definition) is 1. The average Bonchev–Trinajstić information content (AvgIpc) is 3.12. The van der Waals surface area contributed by atoms with Crippen molar-refractivity contribution in [2.24, 2.45) is 7.05 Å². The van der Waals surface area contributed by atoms with Gasteiger partial charge in [0.1, 0.15) is 10.7 Å². The first kappa shape index (κ1) is 25.3. The van der Waals surface area contributed by atoms with Gasteiger partial charge in [0.15, 0.2) is 5.82 Å². The topological polar surface area (TPSA) is 93.0 Å². The van der Waals surface area contributed by atoms with Crippen molar-refractivity contribution < 1.29 is 8.42 Å². The van der Waals surface area contributed by atoms with E-state index in [-0.39, 0.29) is 10.8 Å². The van der Waals surface area contributed by atoms with E-state index in [0.717, 1.165) is 50.2 Å². The van der Waals surface area contributed by atoms with Gasteiger partial charge in [-0.2, -0.15) is 4.31 Å². The molecule has 2 aromatic heterocycles. The van der Waals surface area contributed by atoms with Crippen LogP contribution in [0.25, 0.3) is 0 Å². The van der Waals surface area contributed by atoms with Crippen molar-refractivity contribution in [1.29, 1.82) is 0 Å². The first-order valence-electron chi connectivity index (χ1n) is 11.4. The molecule has 0 atom stereocenters. The van der Waals surface area contributed by atoms with Gasteiger partial charge in [0, 0.05) is 38.4 Å². The number of pyridine rings is 1. The van der Waals surface area contributed by atoms with Gasteiger partial charge in [-0.1, -0.05) is 53.4 Å². The summed E-state index contributed by atoms with van der Waals surface area (Å²) < 4.78 is 30.6. The third kappa shape index (κ3) is 6.74. The SMILES string of the molecule is CCCCCN(CCCCC)S(=O)(=O)c1cnccc1NCc1nnc(C(C)C)n1C. The van der Waals surface area contributed by atoms with E-state index in [4.69, 9.17) is 0 Å². The maximum atomic E-state index is 13.5. The monoisotopic (exact) mass is 450 g/mol. The van der Waals surface area contributed by atoms with Gasteiger partial charge < -0.3 is 9.88 Å². The number of rotatable bonds is 14. The van der Waals surface area contributed by atoms with Crippen molar-refractivity contribution in [2.75, 3.05) is 18.4 Å². The molecule has 2 heterocycles. The number of nitrogens with one attached hydrogen (secondary N) is 1. The van der Waals surface area contributed by atoms with E-state index < -0.39 is 10.0 Å². The predicted octanol–water partition coefficient (Wildman–Crippen LogP) is 4.32. The number of sulfonamides is 1. The van der Waals surface area contributed by atoms with Crippen molar-refractivity contribution in [3.8, 4) is 0 Å². The highest BCUT2D eigenvalue weighted by atomic mass is 32.2. The number of anilines is 1. The van der Waals surface area contributed by atoms with Crippen LogP contribution in [-0.4, -0.2) is 45.6 Å². The standard InChI is InChI=1S/C22H38N6O2S/c1-6-8-10-14-28(15-11-9-7-2)31(29,30)20-16-23-13-12-19(20)24-17-21-25-26-22(18(3)4)27(21)5/h12-13,16,18H,6-11,14-15,17H2,1-5H3,(H,23,24). The second-order valence-electron chi connectivity index (χ2n) is 8.23. The van der Waals surface area contributed by atoms with Crippen LogP contribution >= 0.6 is 0 Å². The van der Waals surface area contributed by atoms with Crippen LogP contribution in [0.5, 0.6) is 0 Å². The number of aromatic nitrogens is 4. The Bertz CT molecular complexity index is 900. The summed E-state index contributed by atoms with van der Waals surface area (Å²) in [5.41, 5.74) is 0.542. The summed E-state index contributed by atoms with van der Waals surface area (Å²) in [6.07, 6.45) is 8.92. The number of hydrogen-bond acceptors (Lipinski definition) is 6. The van der Waals surface area contributed by atoms with Gasteiger partial charge in [0.05, 0.1) is 12.2 Å². The molecular weight excluding hydrogens is 412 g/mol. The minimum atomic E-state index is -3.65. The minimum absolute atomic E-state index is 0.217. The highest BCUT2D eigenvalue weighted by Gasteiger charge is 2.27. The van der Waals surface area contributed by atoms with E-state index in [0.29, 0.717) is 25.3 Å². The molecule has 0 saturated carbocycles. The fourth-order valence-electron chi connectivity index (χ4n) is 3.51. The third-order valence-electron chi connectivity index (χ3n) is 5.38. The van der Waals surface area contributed by atoms with Crippen molar-refractivity contribution in [3.63, 3.8) is 0 Å². The van der Waals surface area contributed by atoms with Gasteiger partial charge in [-0.3, -0.25) is 4.98 Å². The van der Waals surface area contributed by atoms with E-state index in [9.17, 15) is 8.42 Å². The Labute approximate surface area is 187 Å². The molecule has 0 aromatic carbocycles. The summed E-state index contributed by atoms with van der Waals surface area (Å²) in [5.74, 6) is 1.92. The average molecular weight is 451 g/mol. The molecule has 0 aliphatic carbocycles. The summed E-state index contributed by atoms with van der Waals surface area (Å²) in [6, 6.07) is 1.71. The van der Waals surface area contributed by atoms with Gasteiger partial charge in [-0.05, 0) is 18.9 Å². The molecule has 0 amide bonds. The van der Waals surface area contributed by atoms with Crippen LogP contribution in [0, 0.1) is 0 Å². The Hall–Kier alpha value is -2.00. The van der Waals surface area contributed by atoms with Crippen LogP contribution in [0.3, 0.4) is 0 Å². The predicted molar refractivity (Wildman–Crippen MR) is 124 cm³/mol. The van der Waals surface area contributed by atoms with E-state index in [1.165, 1.54) is 6.20 Å². The smallest absolute Gasteiger partial charge is 0.246 e. The number of nitrogens with zero attached hydrogens (tertiary/aromatic N) is 5. The summed E-state index contributed by atoms with van der Waals surface area (Å²) >= 11 is 0. The molecule has 0 radical (unpaired) electrons. The fraction of sp³-hybridized carbons (Fsp3) is 0.682. The molecule has 2 rings (SSSR count). The summed E-state index contributed by atoms with van der Waals surface area (Å²) in [4.78, 5) is 4.32. The van der Waals surface area contributed by atoms with Gasteiger partial charge >= 0.3 is 0 Å². The molecule has 0 spiro atoms. The van der Waals surface area contributed by atoms with Gasteiger partial charge in [0.2, 0.25) is 10.0 Å². The van der Waals surface area contributed by atoms with Crippen LogP contribution < -0.4 is 5.32 Å². The molecule has 0 unspecified atom stereocenters. The molecule has 31 heavy (non-hydrogen) atoms. The Morgan fingerprint density at radius 1 is 1.06 bits per heavy atom. The maximum absolute atomic E-state index is 13.5. The molecule has 174 valence electrons. The zero-order valence-corrected chi connectivity index (χ0v) is 20.5. The normalized spacial score (nSPS) is 12.1. The van der Waals surface area contributed by atoms with Crippen LogP contribution in [0.4, 0.5) is 5.69 Å². The quantitative estimate of drug-likeness (QED) is 0.431. The zero-order valence-electron chi connectivity index (χ0n) is 19.6. The van der Waals surface area contributed by atoms with Crippen molar-refractivity contribution in [1.82, 2.24) is 24.1 Å². The lowest BCUT2D eigenvalue weighted by atomic mass is 10.2. The Morgan fingerprint density at radius 3 is 2.26 bits per heavy atom. The van der Waals surface area contributed by atoms with Crippen LogP contribution in [0.15, 0.2) is 23.4 Å². The Morgan fingerprint density at radius 2 is 1.71 bits per heavy atom. The molecule has 0 aliphatic heterocycles. The first-order chi connectivity index (χ1) is 14.8. The first-order valence-corrected chi connectivity index (χ1v) is 12.8. The molecule has 0 aliphatic rings. The van der Waals surface area contributed by atoms with Crippen molar-refractivity contribution in [2.45, 2.75) is 83.6 Å². The van der Waals surface area contributed by atoms with Crippen LogP contribution in [-0.2, 0) is 23.6 Å². The Balaban J connectivity index is 2.23. The second-order valence-corrected chi connectivity index (χ2v) is 10.1. The van der Waals surface area contributed by atoms with Gasteiger partial charge in [0.25, 0.3) is 0 Å². The third-order valence-corrected chi connectivity index (χ3v) is 7.30. The lowest BCUT2D eigenvalue weighted by Crippen LogP contribution is -2.33. The van der Waals surface area contributed by atoms with E-state index in [1.807, 2.05) is 11.6 Å². The van der Waals surface area contributed by atoms with E-state index in [1.54, 1.807) is 16.6 Å². The lowest BCUT2D eigenvalue weighted by molar-refractivity contribution is 0.388. The highest BCUT2D eigenvalue weighted by molar-refractivity contribution is 7.89. The van der Waals surface area contributed by atoms with E-state index >= 15 is 0 Å². The largest absolute Gasteiger partial charge is 0.377 e.